The van der Waals surface area contributed by atoms with Gasteiger partial charge in [-0.3, -0.25) is 14.6 Å². The Morgan fingerprint density at radius 1 is 1.17 bits per heavy atom. The average molecular weight is 330 g/mol. The fourth-order valence-corrected chi connectivity index (χ4v) is 2.67. The van der Waals surface area contributed by atoms with E-state index in [0.29, 0.717) is 24.8 Å². The van der Waals surface area contributed by atoms with Crippen LogP contribution >= 0.6 is 0 Å². The van der Waals surface area contributed by atoms with E-state index < -0.39 is 0 Å². The largest absolute Gasteiger partial charge is 0.338 e. The van der Waals surface area contributed by atoms with Gasteiger partial charge in [0.2, 0.25) is 11.8 Å². The summed E-state index contributed by atoms with van der Waals surface area (Å²) in [6.45, 7) is 4.72. The molecule has 8 nitrogen and oxygen atoms in total. The highest BCUT2D eigenvalue weighted by Gasteiger charge is 2.20. The quantitative estimate of drug-likeness (QED) is 0.785. The third-order valence-electron chi connectivity index (χ3n) is 3.94. The van der Waals surface area contributed by atoms with Gasteiger partial charge in [-0.05, 0) is 12.1 Å². The fourth-order valence-electron chi connectivity index (χ4n) is 2.67. The van der Waals surface area contributed by atoms with Crippen molar-refractivity contribution >= 4 is 11.6 Å². The number of carbonyl (C=O) groups excluding carboxylic acids is 1. The van der Waals surface area contributed by atoms with E-state index in [-0.39, 0.29) is 12.5 Å². The van der Waals surface area contributed by atoms with Crippen LogP contribution in [0, 0.1) is 0 Å². The second-order valence-corrected chi connectivity index (χ2v) is 5.77. The highest BCUT2D eigenvalue weighted by Crippen LogP contribution is 2.08. The van der Waals surface area contributed by atoms with Crippen molar-refractivity contribution < 1.29 is 9.32 Å². The van der Waals surface area contributed by atoms with Crippen molar-refractivity contribution in [2.45, 2.75) is 13.1 Å². The first-order chi connectivity index (χ1) is 11.7. The molecule has 8 heteroatoms. The Hall–Kier alpha value is -2.29. The minimum atomic E-state index is 0.0143. The maximum absolute atomic E-state index is 12.1. The van der Waals surface area contributed by atoms with E-state index in [1.165, 1.54) is 0 Å². The highest BCUT2D eigenvalue weighted by atomic mass is 16.5. The summed E-state index contributed by atoms with van der Waals surface area (Å²) in [5.74, 6) is 1.13. The van der Waals surface area contributed by atoms with Gasteiger partial charge in [0.1, 0.15) is 0 Å². The number of hydrogen-bond acceptors (Lipinski definition) is 7. The van der Waals surface area contributed by atoms with Crippen LogP contribution in [0.1, 0.15) is 11.7 Å². The molecule has 1 aliphatic heterocycles. The summed E-state index contributed by atoms with van der Waals surface area (Å²) < 4.78 is 5.01. The van der Waals surface area contributed by atoms with Crippen LogP contribution in [0.3, 0.4) is 0 Å². The number of aromatic nitrogens is 2. The summed E-state index contributed by atoms with van der Waals surface area (Å²) in [6, 6.07) is 9.51. The van der Waals surface area contributed by atoms with Gasteiger partial charge >= 0.3 is 0 Å². The molecule has 0 saturated carbocycles. The maximum Gasteiger partial charge on any atom is 0.240 e. The number of nitrogens with zero attached hydrogens (tertiary/aromatic N) is 4. The van der Waals surface area contributed by atoms with Crippen molar-refractivity contribution in [1.82, 2.24) is 19.9 Å². The SMILES string of the molecule is NCc1nc(CN2CCN(CC(=O)Nc3ccccc3)CC2)no1. The molecule has 1 amide bonds. The number of nitrogens with two attached hydrogens (primary N) is 1. The third-order valence-corrected chi connectivity index (χ3v) is 3.94. The average Bonchev–Trinajstić information content (AvgIpc) is 3.05. The molecule has 0 radical (unpaired) electrons. The highest BCUT2D eigenvalue weighted by molar-refractivity contribution is 5.92. The summed E-state index contributed by atoms with van der Waals surface area (Å²) in [4.78, 5) is 20.7. The molecule has 1 fully saturated rings. The zero-order chi connectivity index (χ0) is 16.8. The molecule has 0 spiro atoms. The number of amides is 1. The molecule has 1 saturated heterocycles. The van der Waals surface area contributed by atoms with Gasteiger partial charge in [0.15, 0.2) is 5.82 Å². The monoisotopic (exact) mass is 330 g/mol. The van der Waals surface area contributed by atoms with Crippen LogP contribution in [0.2, 0.25) is 0 Å². The van der Waals surface area contributed by atoms with E-state index in [0.717, 1.165) is 31.9 Å². The number of benzene rings is 1. The first-order valence-corrected chi connectivity index (χ1v) is 8.04. The van der Waals surface area contributed by atoms with Crippen LogP contribution in [-0.4, -0.2) is 58.6 Å². The van der Waals surface area contributed by atoms with Gasteiger partial charge in [-0.25, -0.2) is 0 Å². The first-order valence-electron chi connectivity index (χ1n) is 8.04. The van der Waals surface area contributed by atoms with E-state index in [1.807, 2.05) is 30.3 Å². The molecule has 0 unspecified atom stereocenters. The van der Waals surface area contributed by atoms with Crippen molar-refractivity contribution in [2.75, 3.05) is 38.0 Å². The number of carbonyl (C=O) groups is 1. The normalized spacial score (nSPS) is 16.2. The molecule has 3 rings (SSSR count). The minimum Gasteiger partial charge on any atom is -0.338 e. The topological polar surface area (TPSA) is 101 Å². The smallest absolute Gasteiger partial charge is 0.240 e. The van der Waals surface area contributed by atoms with E-state index in [2.05, 4.69) is 25.3 Å². The van der Waals surface area contributed by atoms with Crippen LogP contribution in [0.15, 0.2) is 34.9 Å². The molecule has 128 valence electrons. The zero-order valence-electron chi connectivity index (χ0n) is 13.5. The minimum absolute atomic E-state index is 0.0143. The van der Waals surface area contributed by atoms with Gasteiger partial charge in [0.05, 0.1) is 19.6 Å². The third kappa shape index (κ3) is 4.60. The molecule has 1 aliphatic rings. The Bertz CT molecular complexity index is 652. The van der Waals surface area contributed by atoms with E-state index >= 15 is 0 Å². The molecular weight excluding hydrogens is 308 g/mol. The lowest BCUT2D eigenvalue weighted by molar-refractivity contribution is -0.117. The van der Waals surface area contributed by atoms with Crippen LogP contribution in [0.25, 0.3) is 0 Å². The summed E-state index contributed by atoms with van der Waals surface area (Å²) >= 11 is 0. The number of hydrogen-bond donors (Lipinski definition) is 2. The Morgan fingerprint density at radius 3 is 2.54 bits per heavy atom. The number of nitrogens with one attached hydrogen (secondary N) is 1. The molecule has 0 aliphatic carbocycles. The number of para-hydroxylation sites is 1. The predicted molar refractivity (Wildman–Crippen MR) is 89.0 cm³/mol. The van der Waals surface area contributed by atoms with Crippen molar-refractivity contribution in [3.63, 3.8) is 0 Å². The fraction of sp³-hybridized carbons (Fsp3) is 0.438. The molecule has 1 aromatic heterocycles. The summed E-state index contributed by atoms with van der Waals surface area (Å²) in [7, 11) is 0. The molecule has 2 aromatic rings. The lowest BCUT2D eigenvalue weighted by Gasteiger charge is -2.33. The maximum atomic E-state index is 12.1. The first kappa shape index (κ1) is 16.6. The van der Waals surface area contributed by atoms with Gasteiger partial charge in [0.25, 0.3) is 0 Å². The lowest BCUT2D eigenvalue weighted by atomic mass is 10.3. The van der Waals surface area contributed by atoms with Gasteiger partial charge in [-0.15, -0.1) is 0 Å². The van der Waals surface area contributed by atoms with Crippen molar-refractivity contribution in [3.05, 3.63) is 42.0 Å². The summed E-state index contributed by atoms with van der Waals surface area (Å²) in [6.07, 6.45) is 0. The van der Waals surface area contributed by atoms with Gasteiger partial charge in [-0.2, -0.15) is 4.98 Å². The molecule has 0 bridgehead atoms. The van der Waals surface area contributed by atoms with Crippen molar-refractivity contribution in [1.29, 1.82) is 0 Å². The van der Waals surface area contributed by atoms with Gasteiger partial charge in [-0.1, -0.05) is 23.4 Å². The standard InChI is InChI=1S/C16H22N6O2/c17-10-16-19-14(20-24-16)11-21-6-8-22(9-7-21)12-15(23)18-13-4-2-1-3-5-13/h1-5H,6-12,17H2,(H,18,23). The van der Waals surface area contributed by atoms with Crippen LogP contribution < -0.4 is 11.1 Å². The predicted octanol–water partition coefficient (Wildman–Crippen LogP) is 0.285. The second-order valence-electron chi connectivity index (χ2n) is 5.77. The van der Waals surface area contributed by atoms with Gasteiger partial charge in [0, 0.05) is 31.9 Å². The van der Waals surface area contributed by atoms with E-state index in [9.17, 15) is 4.79 Å². The van der Waals surface area contributed by atoms with Crippen LogP contribution in [-0.2, 0) is 17.9 Å². The Kier molecular flexibility index (Phi) is 5.52. The summed E-state index contributed by atoms with van der Waals surface area (Å²) in [5, 5.41) is 6.82. The Labute approximate surface area is 140 Å². The van der Waals surface area contributed by atoms with Crippen LogP contribution in [0.4, 0.5) is 5.69 Å². The molecule has 3 N–H and O–H groups in total. The molecule has 1 aromatic carbocycles. The van der Waals surface area contributed by atoms with Crippen molar-refractivity contribution in [2.24, 2.45) is 5.73 Å². The van der Waals surface area contributed by atoms with Crippen LogP contribution in [0.5, 0.6) is 0 Å². The molecule has 0 atom stereocenters. The Morgan fingerprint density at radius 2 is 1.88 bits per heavy atom. The number of rotatable bonds is 6. The number of piperazine rings is 1. The van der Waals surface area contributed by atoms with E-state index in [4.69, 9.17) is 10.3 Å². The van der Waals surface area contributed by atoms with Gasteiger partial charge < -0.3 is 15.6 Å². The zero-order valence-corrected chi connectivity index (χ0v) is 13.5. The molecular formula is C16H22N6O2. The second kappa shape index (κ2) is 8.00. The summed E-state index contributed by atoms with van der Waals surface area (Å²) in [5.41, 5.74) is 6.29. The molecule has 2 heterocycles. The lowest BCUT2D eigenvalue weighted by Crippen LogP contribution is -2.48. The van der Waals surface area contributed by atoms with Crippen molar-refractivity contribution in [3.8, 4) is 0 Å². The van der Waals surface area contributed by atoms with E-state index in [1.54, 1.807) is 0 Å². The molecule has 24 heavy (non-hydrogen) atoms. The Balaban J connectivity index is 1.41. The number of anilines is 1.